The molecule has 0 spiro atoms. The Hall–Kier alpha value is -1.37. The Balaban J connectivity index is 4.52. The van der Waals surface area contributed by atoms with Crippen LogP contribution in [0.25, 0.3) is 0 Å². The van der Waals surface area contributed by atoms with Gasteiger partial charge in [-0.05, 0) is 6.42 Å². The lowest BCUT2D eigenvalue weighted by molar-refractivity contribution is -0.148. The van der Waals surface area contributed by atoms with Gasteiger partial charge >= 0.3 is 19.8 Å². The number of phosphoric ester groups is 1. The number of carbonyl (C=O) groups excluding carboxylic acids is 2. The summed E-state index contributed by atoms with van der Waals surface area (Å²) in [6.45, 7) is 5.51. The average Bonchev–Trinajstić information content (AvgIpc) is 2.38. The lowest BCUT2D eigenvalue weighted by atomic mass is 10.3. The zero-order valence-corrected chi connectivity index (χ0v) is 13.4. The van der Waals surface area contributed by atoms with E-state index in [1.807, 2.05) is 0 Å². The molecule has 2 unspecified atom stereocenters. The molecule has 1 N–H and O–H groups in total. The number of esters is 2. The van der Waals surface area contributed by atoms with E-state index in [2.05, 4.69) is 4.74 Å². The van der Waals surface area contributed by atoms with E-state index in [9.17, 15) is 19.0 Å². The van der Waals surface area contributed by atoms with Gasteiger partial charge in [-0.3, -0.25) is 19.0 Å². The van der Waals surface area contributed by atoms with E-state index in [4.69, 9.17) is 13.8 Å². The smallest absolute Gasteiger partial charge is 0.460 e. The highest BCUT2D eigenvalue weighted by molar-refractivity contribution is 7.47. The first-order valence-electron chi connectivity index (χ1n) is 6.40. The first-order chi connectivity index (χ1) is 9.70. The molecule has 0 aliphatic rings. The molecular weight excluding hydrogens is 303 g/mol. The van der Waals surface area contributed by atoms with E-state index in [-0.39, 0.29) is 18.8 Å². The molecule has 0 rings (SSSR count). The summed E-state index contributed by atoms with van der Waals surface area (Å²) in [5.74, 6) is -1.11. The molecular formula is C12H21O8P. The topological polar surface area (TPSA) is 108 Å². The van der Waals surface area contributed by atoms with Crippen molar-refractivity contribution >= 4 is 19.8 Å². The Morgan fingerprint density at radius 2 is 1.86 bits per heavy atom. The Bertz CT molecular complexity index is 431. The van der Waals surface area contributed by atoms with Gasteiger partial charge in [-0.15, -0.1) is 0 Å². The van der Waals surface area contributed by atoms with Crippen LogP contribution in [0.15, 0.2) is 12.0 Å². The van der Waals surface area contributed by atoms with Gasteiger partial charge in [0.1, 0.15) is 18.1 Å². The van der Waals surface area contributed by atoms with Crippen LogP contribution in [0.4, 0.5) is 0 Å². The molecule has 2 atom stereocenters. The number of rotatable bonds is 9. The Labute approximate surface area is 123 Å². The molecule has 0 heterocycles. The molecule has 0 saturated heterocycles. The third-order valence-electron chi connectivity index (χ3n) is 2.15. The minimum Gasteiger partial charge on any atom is -0.460 e. The molecule has 0 radical (unpaired) electrons. The molecule has 0 aromatic carbocycles. The first kappa shape index (κ1) is 19.6. The summed E-state index contributed by atoms with van der Waals surface area (Å²) in [6, 6.07) is 0. The minimum atomic E-state index is -4.39. The summed E-state index contributed by atoms with van der Waals surface area (Å²) >= 11 is 0. The zero-order valence-electron chi connectivity index (χ0n) is 12.5. The van der Waals surface area contributed by atoms with Gasteiger partial charge in [0, 0.05) is 20.3 Å². The fourth-order valence-corrected chi connectivity index (χ4v) is 2.02. The lowest BCUT2D eigenvalue weighted by Gasteiger charge is -2.18. The number of allylic oxidation sites excluding steroid dienone is 1. The summed E-state index contributed by atoms with van der Waals surface area (Å²) in [5, 5.41) is 0. The second-order valence-electron chi connectivity index (χ2n) is 4.04. The highest BCUT2D eigenvalue weighted by Gasteiger charge is 2.26. The van der Waals surface area contributed by atoms with Crippen LogP contribution in [0.1, 0.15) is 40.5 Å². The molecule has 122 valence electrons. The monoisotopic (exact) mass is 324 g/mol. The second-order valence-corrected chi connectivity index (χ2v) is 5.42. The quantitative estimate of drug-likeness (QED) is 0.391. The van der Waals surface area contributed by atoms with Crippen molar-refractivity contribution in [3.05, 3.63) is 12.0 Å². The molecule has 8 nitrogen and oxygen atoms in total. The number of carbonyl (C=O) groups is 2. The van der Waals surface area contributed by atoms with Crippen molar-refractivity contribution < 1.29 is 37.6 Å². The minimum absolute atomic E-state index is 0.0171. The number of hydrogen-bond acceptors (Lipinski definition) is 7. The lowest BCUT2D eigenvalue weighted by Crippen LogP contribution is -2.21. The third-order valence-corrected chi connectivity index (χ3v) is 3.09. The van der Waals surface area contributed by atoms with Crippen LogP contribution in [0, 0.1) is 0 Å². The van der Waals surface area contributed by atoms with E-state index in [1.165, 1.54) is 13.8 Å². The fourth-order valence-electron chi connectivity index (χ4n) is 1.14. The van der Waals surface area contributed by atoms with E-state index in [0.717, 1.165) is 6.26 Å². The summed E-state index contributed by atoms with van der Waals surface area (Å²) < 4.78 is 30.7. The Morgan fingerprint density at radius 1 is 1.24 bits per heavy atom. The summed E-state index contributed by atoms with van der Waals surface area (Å²) in [4.78, 5) is 31.0. The molecule has 9 heteroatoms. The van der Waals surface area contributed by atoms with Gasteiger partial charge in [0.05, 0.1) is 6.61 Å². The first-order valence-corrected chi connectivity index (χ1v) is 7.90. The van der Waals surface area contributed by atoms with Crippen LogP contribution in [0.5, 0.6) is 0 Å². The van der Waals surface area contributed by atoms with E-state index < -0.39 is 25.9 Å². The molecule has 0 fully saturated rings. The predicted molar refractivity (Wildman–Crippen MR) is 72.8 cm³/mol. The molecule has 0 saturated carbocycles. The van der Waals surface area contributed by atoms with Gasteiger partial charge in [-0.25, -0.2) is 4.57 Å². The van der Waals surface area contributed by atoms with Crippen LogP contribution in [-0.4, -0.2) is 29.5 Å². The summed E-state index contributed by atoms with van der Waals surface area (Å²) in [5.41, 5.74) is 0. The maximum atomic E-state index is 11.7. The molecule has 21 heavy (non-hydrogen) atoms. The van der Waals surface area contributed by atoms with E-state index in [1.54, 1.807) is 13.8 Å². The molecule has 0 aliphatic carbocycles. The Kier molecular flexibility index (Phi) is 8.92. The fraction of sp³-hybridized carbons (Fsp3) is 0.667. The van der Waals surface area contributed by atoms with Gasteiger partial charge < -0.3 is 14.0 Å². The highest BCUT2D eigenvalue weighted by atomic mass is 31.2. The predicted octanol–water partition coefficient (Wildman–Crippen LogP) is 2.28. The second kappa shape index (κ2) is 9.55. The molecule has 0 aromatic rings. The van der Waals surface area contributed by atoms with Gasteiger partial charge in [-0.1, -0.05) is 13.8 Å². The van der Waals surface area contributed by atoms with Crippen molar-refractivity contribution in [2.24, 2.45) is 0 Å². The molecule has 0 amide bonds. The van der Waals surface area contributed by atoms with Crippen molar-refractivity contribution in [1.29, 1.82) is 0 Å². The standard InChI is InChI=1S/C12H21O8P/c1-5-11(19-10(4)14)8-18-21(15,16)20-12(6-2)7-17-9(3)13/h7,11H,5-6,8H2,1-4H3,(H,15,16)/b12-7+. The van der Waals surface area contributed by atoms with Crippen molar-refractivity contribution in [3.63, 3.8) is 0 Å². The van der Waals surface area contributed by atoms with E-state index >= 15 is 0 Å². The van der Waals surface area contributed by atoms with Crippen LogP contribution in [0.3, 0.4) is 0 Å². The zero-order chi connectivity index (χ0) is 16.5. The SMILES string of the molecule is CC/C(=C\OC(C)=O)OP(=O)(O)OCC(CC)OC(C)=O. The maximum Gasteiger partial charge on any atom is 0.527 e. The van der Waals surface area contributed by atoms with Crippen molar-refractivity contribution in [2.45, 2.75) is 46.6 Å². The molecule has 0 bridgehead atoms. The molecule has 0 aromatic heterocycles. The number of phosphoric acid groups is 1. The van der Waals surface area contributed by atoms with Crippen LogP contribution >= 0.6 is 7.82 Å². The summed E-state index contributed by atoms with van der Waals surface area (Å²) in [7, 11) is -4.39. The van der Waals surface area contributed by atoms with Crippen molar-refractivity contribution in [2.75, 3.05) is 6.61 Å². The van der Waals surface area contributed by atoms with E-state index in [0.29, 0.717) is 6.42 Å². The Morgan fingerprint density at radius 3 is 2.29 bits per heavy atom. The van der Waals surface area contributed by atoms with Gasteiger partial charge in [0.25, 0.3) is 0 Å². The van der Waals surface area contributed by atoms with Crippen molar-refractivity contribution in [1.82, 2.24) is 0 Å². The summed E-state index contributed by atoms with van der Waals surface area (Å²) in [6.07, 6.45) is 0.943. The van der Waals surface area contributed by atoms with Crippen molar-refractivity contribution in [3.8, 4) is 0 Å². The van der Waals surface area contributed by atoms with Gasteiger partial charge in [0.15, 0.2) is 0 Å². The third kappa shape index (κ3) is 10.1. The van der Waals surface area contributed by atoms with Gasteiger partial charge in [-0.2, -0.15) is 0 Å². The van der Waals surface area contributed by atoms with Crippen LogP contribution in [0.2, 0.25) is 0 Å². The maximum absolute atomic E-state index is 11.7. The highest BCUT2D eigenvalue weighted by Crippen LogP contribution is 2.46. The largest absolute Gasteiger partial charge is 0.527 e. The van der Waals surface area contributed by atoms with Crippen LogP contribution in [-0.2, 0) is 32.7 Å². The van der Waals surface area contributed by atoms with Crippen LogP contribution < -0.4 is 0 Å². The number of ether oxygens (including phenoxy) is 2. The molecule has 0 aliphatic heterocycles. The average molecular weight is 324 g/mol. The van der Waals surface area contributed by atoms with Gasteiger partial charge in [0.2, 0.25) is 0 Å². The number of hydrogen-bond donors (Lipinski definition) is 1. The normalized spacial score (nSPS) is 15.8.